The molecule has 2 rings (SSSR count). The van der Waals surface area contributed by atoms with Gasteiger partial charge in [-0.15, -0.1) is 0 Å². The van der Waals surface area contributed by atoms with Gasteiger partial charge in [0.1, 0.15) is 11.6 Å². The molecule has 0 aromatic heterocycles. The number of nitrogens with one attached hydrogen (secondary N) is 1. The van der Waals surface area contributed by atoms with Gasteiger partial charge in [0.25, 0.3) is 0 Å². The monoisotopic (exact) mass is 284 g/mol. The molecule has 1 aromatic rings. The van der Waals surface area contributed by atoms with E-state index in [2.05, 4.69) is 5.32 Å². The lowest BCUT2D eigenvalue weighted by Crippen LogP contribution is -2.22. The molecule has 5 heteroatoms. The number of nitrogens with two attached hydrogens (primary N) is 1. The van der Waals surface area contributed by atoms with Gasteiger partial charge in [-0.25, -0.2) is 4.39 Å². The maximum atomic E-state index is 13.3. The van der Waals surface area contributed by atoms with Crippen molar-refractivity contribution in [3.05, 3.63) is 40.9 Å². The lowest BCUT2D eigenvalue weighted by Gasteiger charge is -2.20. The number of hydrogen-bond donors (Lipinski definition) is 2. The number of ether oxygens (including phenoxy) is 1. The zero-order valence-corrected chi connectivity index (χ0v) is 11.6. The highest BCUT2D eigenvalue weighted by molar-refractivity contribution is 6.30. The van der Waals surface area contributed by atoms with Gasteiger partial charge in [0.15, 0.2) is 0 Å². The van der Waals surface area contributed by atoms with Crippen LogP contribution >= 0.6 is 11.6 Å². The maximum Gasteiger partial charge on any atom is 0.145 e. The summed E-state index contributed by atoms with van der Waals surface area (Å²) in [5, 5.41) is 3.19. The van der Waals surface area contributed by atoms with E-state index < -0.39 is 5.82 Å². The molecule has 19 heavy (non-hydrogen) atoms. The third-order valence-corrected chi connectivity index (χ3v) is 3.50. The van der Waals surface area contributed by atoms with Crippen molar-refractivity contribution < 1.29 is 9.13 Å². The van der Waals surface area contributed by atoms with Crippen LogP contribution in [0.2, 0.25) is 5.02 Å². The Morgan fingerprint density at radius 3 is 2.95 bits per heavy atom. The molecule has 1 aromatic carbocycles. The Labute approximate surface area is 117 Å². The maximum absolute atomic E-state index is 13.3. The lowest BCUT2D eigenvalue weighted by atomic mass is 10.0. The molecule has 0 saturated heterocycles. The van der Waals surface area contributed by atoms with Crippen molar-refractivity contribution in [2.75, 3.05) is 6.54 Å². The molecule has 0 radical (unpaired) electrons. The Morgan fingerprint density at radius 2 is 2.37 bits per heavy atom. The molecule has 0 amide bonds. The second kappa shape index (κ2) is 6.15. The molecule has 0 fully saturated rings. The summed E-state index contributed by atoms with van der Waals surface area (Å²) >= 11 is 5.64. The molecule has 0 bridgehead atoms. The average molecular weight is 285 g/mol. The SMILES string of the molecule is CC[C@@H](C[C@H]1C=C(N)NC1)Oc1ccc(Cl)c(F)c1. The smallest absolute Gasteiger partial charge is 0.145 e. The standard InChI is InChI=1S/C14H18ClFN2O/c1-2-10(5-9-6-14(17)18-8-9)19-11-3-4-12(15)13(16)7-11/h3-4,6-7,9-10,18H,2,5,8,17H2,1H3/t9-,10-/m0/s1. The van der Waals surface area contributed by atoms with Gasteiger partial charge >= 0.3 is 0 Å². The molecule has 3 nitrogen and oxygen atoms in total. The van der Waals surface area contributed by atoms with Crippen molar-refractivity contribution in [2.45, 2.75) is 25.9 Å². The number of benzene rings is 1. The Bertz CT molecular complexity index is 479. The molecule has 0 aliphatic carbocycles. The van der Waals surface area contributed by atoms with E-state index in [4.69, 9.17) is 22.1 Å². The van der Waals surface area contributed by atoms with Crippen molar-refractivity contribution in [3.63, 3.8) is 0 Å². The fourth-order valence-electron chi connectivity index (χ4n) is 2.15. The first-order chi connectivity index (χ1) is 9.08. The van der Waals surface area contributed by atoms with Gasteiger partial charge in [0.05, 0.1) is 16.9 Å². The molecule has 0 spiro atoms. The highest BCUT2D eigenvalue weighted by atomic mass is 35.5. The first-order valence-electron chi connectivity index (χ1n) is 6.41. The molecular formula is C14H18ClFN2O. The summed E-state index contributed by atoms with van der Waals surface area (Å²) in [6.07, 6.45) is 3.76. The summed E-state index contributed by atoms with van der Waals surface area (Å²) in [6, 6.07) is 4.52. The average Bonchev–Trinajstić information content (AvgIpc) is 2.78. The second-order valence-electron chi connectivity index (χ2n) is 4.72. The molecular weight excluding hydrogens is 267 g/mol. The summed E-state index contributed by atoms with van der Waals surface area (Å²) in [7, 11) is 0. The molecule has 0 unspecified atom stereocenters. The van der Waals surface area contributed by atoms with Crippen molar-refractivity contribution >= 4 is 11.6 Å². The summed E-state index contributed by atoms with van der Waals surface area (Å²) in [5.74, 6) is 1.14. The topological polar surface area (TPSA) is 47.3 Å². The quantitative estimate of drug-likeness (QED) is 0.874. The van der Waals surface area contributed by atoms with Crippen LogP contribution in [0.4, 0.5) is 4.39 Å². The fraction of sp³-hybridized carbons (Fsp3) is 0.429. The van der Waals surface area contributed by atoms with Crippen LogP contribution in [0.25, 0.3) is 0 Å². The van der Waals surface area contributed by atoms with Crippen LogP contribution < -0.4 is 15.8 Å². The highest BCUT2D eigenvalue weighted by Gasteiger charge is 2.19. The summed E-state index contributed by atoms with van der Waals surface area (Å²) in [4.78, 5) is 0. The van der Waals surface area contributed by atoms with Gasteiger partial charge in [-0.3, -0.25) is 0 Å². The van der Waals surface area contributed by atoms with E-state index in [-0.39, 0.29) is 11.1 Å². The molecule has 1 aliphatic heterocycles. The van der Waals surface area contributed by atoms with Crippen LogP contribution in [0, 0.1) is 11.7 Å². The predicted octanol–water partition coefficient (Wildman–Crippen LogP) is 3.05. The fourth-order valence-corrected chi connectivity index (χ4v) is 2.27. The van der Waals surface area contributed by atoms with Gasteiger partial charge in [0, 0.05) is 18.5 Å². The third-order valence-electron chi connectivity index (χ3n) is 3.20. The van der Waals surface area contributed by atoms with Crippen molar-refractivity contribution in [1.29, 1.82) is 0 Å². The van der Waals surface area contributed by atoms with Crippen LogP contribution in [-0.2, 0) is 0 Å². The van der Waals surface area contributed by atoms with Crippen molar-refractivity contribution in [1.82, 2.24) is 5.32 Å². The lowest BCUT2D eigenvalue weighted by molar-refractivity contribution is 0.173. The van der Waals surface area contributed by atoms with Crippen molar-refractivity contribution in [3.8, 4) is 5.75 Å². The second-order valence-corrected chi connectivity index (χ2v) is 5.13. The van der Waals surface area contributed by atoms with Crippen molar-refractivity contribution in [2.24, 2.45) is 11.7 Å². The normalized spacial score (nSPS) is 19.7. The van der Waals surface area contributed by atoms with Crippen LogP contribution in [0.15, 0.2) is 30.1 Å². The molecule has 2 atom stereocenters. The van der Waals surface area contributed by atoms with E-state index in [0.717, 1.165) is 25.2 Å². The van der Waals surface area contributed by atoms with Crippen LogP contribution in [0.1, 0.15) is 19.8 Å². The first-order valence-corrected chi connectivity index (χ1v) is 6.79. The zero-order chi connectivity index (χ0) is 13.8. The largest absolute Gasteiger partial charge is 0.490 e. The Morgan fingerprint density at radius 1 is 1.58 bits per heavy atom. The third kappa shape index (κ3) is 3.77. The summed E-state index contributed by atoms with van der Waals surface area (Å²) < 4.78 is 19.1. The van der Waals surface area contributed by atoms with Gasteiger partial charge in [-0.2, -0.15) is 0 Å². The predicted molar refractivity (Wildman–Crippen MR) is 74.5 cm³/mol. The number of halogens is 2. The minimum atomic E-state index is -0.458. The van der Waals surface area contributed by atoms with E-state index in [1.54, 1.807) is 6.07 Å². The van der Waals surface area contributed by atoms with Crippen LogP contribution in [0.5, 0.6) is 5.75 Å². The first kappa shape index (κ1) is 14.0. The Hall–Kier alpha value is -1.42. The van der Waals surface area contributed by atoms with E-state index >= 15 is 0 Å². The highest BCUT2D eigenvalue weighted by Crippen LogP contribution is 2.24. The van der Waals surface area contributed by atoms with E-state index in [9.17, 15) is 4.39 Å². The Balaban J connectivity index is 1.96. The zero-order valence-electron chi connectivity index (χ0n) is 10.8. The van der Waals surface area contributed by atoms with Crippen LogP contribution in [0.3, 0.4) is 0 Å². The van der Waals surface area contributed by atoms with Gasteiger partial charge in [-0.1, -0.05) is 18.5 Å². The Kier molecular flexibility index (Phi) is 4.53. The molecule has 104 valence electrons. The van der Waals surface area contributed by atoms with Gasteiger partial charge in [0.2, 0.25) is 0 Å². The molecule has 1 heterocycles. The molecule has 1 aliphatic rings. The van der Waals surface area contributed by atoms with E-state index in [1.807, 2.05) is 13.0 Å². The number of hydrogen-bond acceptors (Lipinski definition) is 3. The molecule has 3 N–H and O–H groups in total. The molecule has 0 saturated carbocycles. The minimum absolute atomic E-state index is 0.0366. The van der Waals surface area contributed by atoms with Gasteiger partial charge < -0.3 is 15.8 Å². The number of rotatable bonds is 5. The summed E-state index contributed by atoms with van der Waals surface area (Å²) in [5.41, 5.74) is 5.68. The van der Waals surface area contributed by atoms with E-state index in [0.29, 0.717) is 11.7 Å². The van der Waals surface area contributed by atoms with Gasteiger partial charge in [-0.05, 0) is 31.1 Å². The van der Waals surface area contributed by atoms with Crippen LogP contribution in [-0.4, -0.2) is 12.6 Å². The summed E-state index contributed by atoms with van der Waals surface area (Å²) in [6.45, 7) is 2.88. The minimum Gasteiger partial charge on any atom is -0.490 e. The van der Waals surface area contributed by atoms with E-state index in [1.165, 1.54) is 12.1 Å².